The summed E-state index contributed by atoms with van der Waals surface area (Å²) in [6.07, 6.45) is 3.64. The minimum atomic E-state index is -0.634. The molecule has 0 spiro atoms. The molecule has 1 aliphatic carbocycles. The molecule has 4 rings (SSSR count). The lowest BCUT2D eigenvalue weighted by atomic mass is 9.93. The van der Waals surface area contributed by atoms with Gasteiger partial charge in [-0.25, -0.2) is 14.8 Å². The topological polar surface area (TPSA) is 96.6 Å². The molecular weight excluding hydrogens is 395 g/mol. The summed E-state index contributed by atoms with van der Waals surface area (Å²) in [6, 6.07) is 5.70. The van der Waals surface area contributed by atoms with E-state index in [-0.39, 0.29) is 17.2 Å². The van der Waals surface area contributed by atoms with Crippen LogP contribution in [0.5, 0.6) is 0 Å². The number of thiazole rings is 1. The van der Waals surface area contributed by atoms with Gasteiger partial charge in [-0.05, 0) is 31.9 Å². The van der Waals surface area contributed by atoms with Gasteiger partial charge in [0, 0.05) is 29.1 Å². The molecule has 0 unspecified atom stereocenters. The number of benzene rings is 1. The van der Waals surface area contributed by atoms with Crippen LogP contribution < -0.4 is 10.7 Å². The molecule has 3 aromatic rings. The number of hydrogen-bond donors (Lipinski definition) is 2. The molecule has 29 heavy (non-hydrogen) atoms. The normalized spacial score (nSPS) is 14.5. The first kappa shape index (κ1) is 19.0. The smallest absolute Gasteiger partial charge is 0.293 e. The van der Waals surface area contributed by atoms with Crippen molar-refractivity contribution in [2.45, 2.75) is 26.2 Å². The molecule has 2 heterocycles. The number of aromatic nitrogens is 1. The van der Waals surface area contributed by atoms with Crippen molar-refractivity contribution in [3.05, 3.63) is 69.9 Å². The Balaban J connectivity index is 1.58. The van der Waals surface area contributed by atoms with Crippen molar-refractivity contribution in [2.75, 3.05) is 5.32 Å². The van der Waals surface area contributed by atoms with Crippen LogP contribution in [0.3, 0.4) is 0 Å². The Hall–Kier alpha value is -3.33. The molecular formula is C20H17FN4O3S. The van der Waals surface area contributed by atoms with E-state index < -0.39 is 11.7 Å². The predicted molar refractivity (Wildman–Crippen MR) is 107 cm³/mol. The minimum Gasteiger partial charge on any atom is -0.455 e. The number of halogens is 1. The van der Waals surface area contributed by atoms with E-state index in [4.69, 9.17) is 4.42 Å². The van der Waals surface area contributed by atoms with E-state index in [1.807, 2.05) is 0 Å². The second-order valence-electron chi connectivity index (χ2n) is 6.48. The van der Waals surface area contributed by atoms with Crippen molar-refractivity contribution in [2.24, 2.45) is 5.10 Å². The van der Waals surface area contributed by atoms with E-state index in [9.17, 15) is 14.0 Å². The van der Waals surface area contributed by atoms with Crippen LogP contribution in [-0.4, -0.2) is 22.5 Å². The minimum absolute atomic E-state index is 0.0830. The van der Waals surface area contributed by atoms with E-state index in [0.717, 1.165) is 12.0 Å². The molecule has 1 aliphatic rings. The van der Waals surface area contributed by atoms with Crippen LogP contribution in [0.15, 0.2) is 45.4 Å². The van der Waals surface area contributed by atoms with Gasteiger partial charge in [-0.15, -0.1) is 11.3 Å². The number of aryl methyl sites for hydroxylation is 1. The Kier molecular flexibility index (Phi) is 5.22. The molecule has 0 radical (unpaired) electrons. The molecule has 0 saturated heterocycles. The summed E-state index contributed by atoms with van der Waals surface area (Å²) in [5, 5.41) is 9.15. The van der Waals surface area contributed by atoms with Gasteiger partial charge in [0.05, 0.1) is 11.3 Å². The van der Waals surface area contributed by atoms with Crippen molar-refractivity contribution in [1.29, 1.82) is 0 Å². The third-order valence-electron chi connectivity index (χ3n) is 4.60. The number of hydrogen-bond acceptors (Lipinski definition) is 6. The monoisotopic (exact) mass is 412 g/mol. The maximum atomic E-state index is 13.8. The molecule has 0 saturated carbocycles. The van der Waals surface area contributed by atoms with Crippen LogP contribution in [0, 0.1) is 12.7 Å². The maximum Gasteiger partial charge on any atom is 0.293 e. The fraction of sp³-hybridized carbons (Fsp3) is 0.200. The summed E-state index contributed by atoms with van der Waals surface area (Å²) in [6.45, 7) is 1.78. The molecule has 0 bridgehead atoms. The van der Waals surface area contributed by atoms with Crippen molar-refractivity contribution in [1.82, 2.24) is 10.4 Å². The number of hydrazone groups is 1. The molecule has 148 valence electrons. The van der Waals surface area contributed by atoms with Crippen LogP contribution in [0.4, 0.5) is 9.52 Å². The highest BCUT2D eigenvalue weighted by Crippen LogP contribution is 2.30. The zero-order valence-electron chi connectivity index (χ0n) is 15.5. The Morgan fingerprint density at radius 2 is 2.07 bits per heavy atom. The van der Waals surface area contributed by atoms with Crippen molar-refractivity contribution < 1.29 is 18.4 Å². The first-order valence-corrected chi connectivity index (χ1v) is 9.87. The predicted octanol–water partition coefficient (Wildman–Crippen LogP) is 3.91. The number of carbonyl (C=O) groups excluding carboxylic acids is 2. The number of fused-ring (bicyclic) bond motifs is 1. The van der Waals surface area contributed by atoms with Gasteiger partial charge in [0.2, 0.25) is 0 Å². The highest BCUT2D eigenvalue weighted by Gasteiger charge is 2.28. The molecule has 2 aromatic heterocycles. The maximum absolute atomic E-state index is 13.8. The van der Waals surface area contributed by atoms with Crippen LogP contribution >= 0.6 is 11.3 Å². The van der Waals surface area contributed by atoms with E-state index >= 15 is 0 Å². The number of rotatable bonds is 4. The van der Waals surface area contributed by atoms with E-state index in [0.29, 0.717) is 35.0 Å². The zero-order valence-corrected chi connectivity index (χ0v) is 16.3. The highest BCUT2D eigenvalue weighted by atomic mass is 32.1. The lowest BCUT2D eigenvalue weighted by Gasteiger charge is -2.13. The van der Waals surface area contributed by atoms with Gasteiger partial charge in [0.15, 0.2) is 10.9 Å². The fourth-order valence-corrected chi connectivity index (χ4v) is 3.78. The van der Waals surface area contributed by atoms with Gasteiger partial charge in [0.1, 0.15) is 11.6 Å². The highest BCUT2D eigenvalue weighted by molar-refractivity contribution is 7.13. The average Bonchev–Trinajstić information content (AvgIpc) is 3.34. The Morgan fingerprint density at radius 3 is 2.83 bits per heavy atom. The van der Waals surface area contributed by atoms with Gasteiger partial charge in [0.25, 0.3) is 11.8 Å². The van der Waals surface area contributed by atoms with Crippen LogP contribution in [-0.2, 0) is 6.42 Å². The number of anilines is 1. The van der Waals surface area contributed by atoms with E-state index in [2.05, 4.69) is 20.8 Å². The second kappa shape index (κ2) is 7.96. The molecule has 0 atom stereocenters. The summed E-state index contributed by atoms with van der Waals surface area (Å²) in [4.78, 5) is 28.8. The third-order valence-corrected chi connectivity index (χ3v) is 5.28. The number of carbonyl (C=O) groups is 2. The van der Waals surface area contributed by atoms with E-state index in [1.54, 1.807) is 24.6 Å². The summed E-state index contributed by atoms with van der Waals surface area (Å²) in [5.74, 6) is -0.792. The molecule has 7 nitrogen and oxygen atoms in total. The molecule has 0 fully saturated rings. The molecule has 2 N–H and O–H groups in total. The quantitative estimate of drug-likeness (QED) is 0.635. The van der Waals surface area contributed by atoms with Gasteiger partial charge in [-0.2, -0.15) is 5.10 Å². The SMILES string of the molecule is Cc1c(C(=O)Nc2nccs2)oc2c1/C(=N/NC(=O)c1ccccc1F)CCC2. The summed E-state index contributed by atoms with van der Waals surface area (Å²) in [5.41, 5.74) is 4.29. The Morgan fingerprint density at radius 1 is 1.24 bits per heavy atom. The number of nitrogens with zero attached hydrogens (tertiary/aromatic N) is 2. The lowest BCUT2D eigenvalue weighted by molar-refractivity contribution is 0.0949. The first-order chi connectivity index (χ1) is 14.0. The van der Waals surface area contributed by atoms with E-state index in [1.165, 1.54) is 29.5 Å². The number of furan rings is 1. The molecule has 0 aliphatic heterocycles. The van der Waals surface area contributed by atoms with Crippen molar-refractivity contribution in [3.8, 4) is 0 Å². The molecule has 1 aromatic carbocycles. The summed E-state index contributed by atoms with van der Waals surface area (Å²) in [7, 11) is 0. The Labute approximate surface area is 169 Å². The van der Waals surface area contributed by atoms with Gasteiger partial charge >= 0.3 is 0 Å². The Bertz CT molecular complexity index is 1110. The lowest BCUT2D eigenvalue weighted by Crippen LogP contribution is -2.23. The van der Waals surface area contributed by atoms with Crippen LogP contribution in [0.25, 0.3) is 0 Å². The number of amides is 2. The van der Waals surface area contributed by atoms with Gasteiger partial charge in [-0.1, -0.05) is 12.1 Å². The van der Waals surface area contributed by atoms with Crippen LogP contribution in [0.1, 0.15) is 50.6 Å². The van der Waals surface area contributed by atoms with Gasteiger partial charge < -0.3 is 4.42 Å². The average molecular weight is 412 g/mol. The standard InChI is InChI=1S/C20H17FN4O3S/c1-11-16-14(24-25-18(26)12-5-2-3-6-13(12)21)7-4-8-15(16)28-17(11)19(27)23-20-22-9-10-29-20/h2-3,5-6,9-10H,4,7-8H2,1H3,(H,25,26)(H,22,23,27)/b24-14+. The zero-order chi connectivity index (χ0) is 20.4. The van der Waals surface area contributed by atoms with Gasteiger partial charge in [-0.3, -0.25) is 14.9 Å². The molecule has 2 amide bonds. The second-order valence-corrected chi connectivity index (χ2v) is 7.37. The summed E-state index contributed by atoms with van der Waals surface area (Å²) >= 11 is 1.31. The fourth-order valence-electron chi connectivity index (χ4n) is 3.26. The number of nitrogens with one attached hydrogen (secondary N) is 2. The molecule has 9 heteroatoms. The third kappa shape index (κ3) is 3.81. The van der Waals surface area contributed by atoms with Crippen LogP contribution in [0.2, 0.25) is 0 Å². The largest absolute Gasteiger partial charge is 0.455 e. The summed E-state index contributed by atoms with van der Waals surface area (Å²) < 4.78 is 19.6. The van der Waals surface area contributed by atoms with Crippen molar-refractivity contribution >= 4 is 34.0 Å². The van der Waals surface area contributed by atoms with Crippen molar-refractivity contribution in [3.63, 3.8) is 0 Å². The first-order valence-electron chi connectivity index (χ1n) is 8.99.